The van der Waals surface area contributed by atoms with Gasteiger partial charge < -0.3 is 0 Å². The number of rotatable bonds is 4. The number of nitrogens with zero attached hydrogens (tertiary/aromatic N) is 1. The number of aromatic nitrogens is 1. The van der Waals surface area contributed by atoms with Crippen LogP contribution < -0.4 is 0 Å². The van der Waals surface area contributed by atoms with E-state index in [1.807, 2.05) is 13.1 Å². The molecule has 0 N–H and O–H groups in total. The summed E-state index contributed by atoms with van der Waals surface area (Å²) in [6.45, 7) is 8.69. The summed E-state index contributed by atoms with van der Waals surface area (Å²) in [7, 11) is 0. The zero-order valence-electron chi connectivity index (χ0n) is 26.7. The minimum Gasteiger partial charge on any atom is -0.261 e. The van der Waals surface area contributed by atoms with Crippen molar-refractivity contribution in [2.75, 3.05) is 0 Å². The van der Waals surface area contributed by atoms with Gasteiger partial charge in [0.2, 0.25) is 0 Å². The minimum atomic E-state index is 1.03. The van der Waals surface area contributed by atoms with Crippen LogP contribution >= 0.6 is 0 Å². The van der Waals surface area contributed by atoms with Gasteiger partial charge in [-0.2, -0.15) is 0 Å². The van der Waals surface area contributed by atoms with E-state index in [-0.39, 0.29) is 0 Å². The maximum atomic E-state index is 4.57. The van der Waals surface area contributed by atoms with E-state index in [0.717, 1.165) is 11.3 Å². The molecule has 46 heavy (non-hydrogen) atoms. The molecule has 0 amide bonds. The number of fused-ring (bicyclic) bond motifs is 3. The number of benzene rings is 7. The molecule has 0 aliphatic rings. The molecule has 0 atom stereocenters. The van der Waals surface area contributed by atoms with Crippen molar-refractivity contribution in [1.82, 2.24) is 4.98 Å². The van der Waals surface area contributed by atoms with Crippen LogP contribution in [0.3, 0.4) is 0 Å². The Morgan fingerprint density at radius 2 is 0.870 bits per heavy atom. The van der Waals surface area contributed by atoms with Crippen molar-refractivity contribution in [2.24, 2.45) is 0 Å². The van der Waals surface area contributed by atoms with Crippen LogP contribution in [0.2, 0.25) is 0 Å². The van der Waals surface area contributed by atoms with E-state index in [0.29, 0.717) is 0 Å². The summed E-state index contributed by atoms with van der Waals surface area (Å²) in [5, 5.41) is 7.60. The molecule has 0 spiro atoms. The summed E-state index contributed by atoms with van der Waals surface area (Å²) in [6, 6.07) is 49.2. The Labute approximate surface area is 270 Å². The Morgan fingerprint density at radius 3 is 1.43 bits per heavy atom. The lowest BCUT2D eigenvalue weighted by atomic mass is 9.83. The summed E-state index contributed by atoms with van der Waals surface area (Å²) < 4.78 is 0. The number of pyridine rings is 1. The molecule has 1 nitrogen and oxygen atoms in total. The molecule has 7 aromatic carbocycles. The van der Waals surface area contributed by atoms with Crippen LogP contribution in [0.4, 0.5) is 0 Å². The largest absolute Gasteiger partial charge is 0.261 e. The highest BCUT2D eigenvalue weighted by molar-refractivity contribution is 6.24. The minimum absolute atomic E-state index is 1.03. The molecule has 1 aromatic heterocycles. The molecule has 0 saturated heterocycles. The van der Waals surface area contributed by atoms with Gasteiger partial charge in [0.15, 0.2) is 0 Å². The summed E-state index contributed by atoms with van der Waals surface area (Å²) in [5.41, 5.74) is 14.9. The molecule has 1 heteroatoms. The van der Waals surface area contributed by atoms with Gasteiger partial charge in [0, 0.05) is 17.5 Å². The molecular formula is C45H35N. The number of hydrogen-bond donors (Lipinski definition) is 0. The second-order valence-corrected chi connectivity index (χ2v) is 12.6. The van der Waals surface area contributed by atoms with Gasteiger partial charge in [-0.25, -0.2) is 0 Å². The first-order valence-corrected chi connectivity index (χ1v) is 16.0. The Morgan fingerprint density at radius 1 is 0.370 bits per heavy atom. The van der Waals surface area contributed by atoms with Crippen LogP contribution in [0.1, 0.15) is 22.4 Å². The second-order valence-electron chi connectivity index (χ2n) is 12.6. The Balaban J connectivity index is 1.42. The van der Waals surface area contributed by atoms with E-state index < -0.39 is 0 Å². The van der Waals surface area contributed by atoms with E-state index >= 15 is 0 Å². The van der Waals surface area contributed by atoms with E-state index in [1.54, 1.807) is 0 Å². The summed E-state index contributed by atoms with van der Waals surface area (Å²) in [4.78, 5) is 4.57. The maximum absolute atomic E-state index is 4.57. The van der Waals surface area contributed by atoms with Crippen molar-refractivity contribution >= 4 is 32.3 Å². The highest BCUT2D eigenvalue weighted by Gasteiger charge is 2.19. The first-order chi connectivity index (χ1) is 22.5. The molecule has 1 heterocycles. The smallest absolute Gasteiger partial charge is 0.0373 e. The fraction of sp³-hybridized carbons (Fsp3) is 0.0889. The third kappa shape index (κ3) is 4.59. The lowest BCUT2D eigenvalue weighted by Gasteiger charge is -2.20. The van der Waals surface area contributed by atoms with Gasteiger partial charge in [-0.15, -0.1) is 0 Å². The van der Waals surface area contributed by atoms with Crippen LogP contribution in [-0.4, -0.2) is 4.98 Å². The van der Waals surface area contributed by atoms with Crippen molar-refractivity contribution in [2.45, 2.75) is 27.7 Å². The molecule has 8 rings (SSSR count). The van der Waals surface area contributed by atoms with Gasteiger partial charge in [-0.1, -0.05) is 127 Å². The second kappa shape index (κ2) is 11.1. The van der Waals surface area contributed by atoms with Crippen LogP contribution in [0.5, 0.6) is 0 Å². The van der Waals surface area contributed by atoms with Gasteiger partial charge in [-0.05, 0) is 122 Å². The first-order valence-electron chi connectivity index (χ1n) is 16.0. The van der Waals surface area contributed by atoms with Gasteiger partial charge >= 0.3 is 0 Å². The van der Waals surface area contributed by atoms with E-state index in [4.69, 9.17) is 0 Å². The Kier molecular flexibility index (Phi) is 6.76. The lowest BCUT2D eigenvalue weighted by Crippen LogP contribution is -1.94. The highest BCUT2D eigenvalue weighted by Crippen LogP contribution is 2.46. The molecule has 0 fully saturated rings. The van der Waals surface area contributed by atoms with Crippen molar-refractivity contribution in [3.8, 4) is 44.5 Å². The van der Waals surface area contributed by atoms with Crippen LogP contribution in [0.15, 0.2) is 140 Å². The first kappa shape index (κ1) is 28.0. The average molecular weight is 590 g/mol. The number of aryl methyl sites for hydroxylation is 4. The molecule has 0 saturated carbocycles. The van der Waals surface area contributed by atoms with Crippen LogP contribution in [-0.2, 0) is 0 Å². The van der Waals surface area contributed by atoms with E-state index in [9.17, 15) is 0 Å². The molecule has 220 valence electrons. The predicted molar refractivity (Wildman–Crippen MR) is 197 cm³/mol. The predicted octanol–water partition coefficient (Wildman–Crippen LogP) is 12.4. The Bertz CT molecular complexity index is 2370. The van der Waals surface area contributed by atoms with Gasteiger partial charge in [0.25, 0.3) is 0 Å². The summed E-state index contributed by atoms with van der Waals surface area (Å²) >= 11 is 0. The van der Waals surface area contributed by atoms with Gasteiger partial charge in [0.05, 0.1) is 0 Å². The topological polar surface area (TPSA) is 12.9 Å². The van der Waals surface area contributed by atoms with Crippen molar-refractivity contribution in [3.05, 3.63) is 162 Å². The molecular weight excluding hydrogens is 555 g/mol. The fourth-order valence-corrected chi connectivity index (χ4v) is 7.57. The van der Waals surface area contributed by atoms with Gasteiger partial charge in [0.1, 0.15) is 0 Å². The van der Waals surface area contributed by atoms with E-state index in [1.165, 1.54) is 88.0 Å². The summed E-state index contributed by atoms with van der Waals surface area (Å²) in [5.74, 6) is 0. The van der Waals surface area contributed by atoms with Gasteiger partial charge in [-0.3, -0.25) is 4.98 Å². The van der Waals surface area contributed by atoms with Crippen molar-refractivity contribution in [1.29, 1.82) is 0 Å². The number of hydrogen-bond acceptors (Lipinski definition) is 1. The SMILES string of the molecule is Cc1cc(C)c(-c2cccc3c(-c4c5ccccc5c(-c5cccc(-c6ccc(C)nc6)c5)c5ccccc45)cccc23)c(C)c1. The molecule has 8 aromatic rings. The quantitative estimate of drug-likeness (QED) is 0.186. The lowest BCUT2D eigenvalue weighted by molar-refractivity contribution is 1.20. The van der Waals surface area contributed by atoms with Crippen molar-refractivity contribution < 1.29 is 0 Å². The Hall–Kier alpha value is -5.53. The molecule has 0 unspecified atom stereocenters. The summed E-state index contributed by atoms with van der Waals surface area (Å²) in [6.07, 6.45) is 1.97. The monoisotopic (exact) mass is 589 g/mol. The highest BCUT2D eigenvalue weighted by atomic mass is 14.7. The van der Waals surface area contributed by atoms with Crippen LogP contribution in [0.25, 0.3) is 76.8 Å². The maximum Gasteiger partial charge on any atom is 0.0373 e. The molecule has 0 aliphatic carbocycles. The third-order valence-corrected chi connectivity index (χ3v) is 9.47. The standard InChI is InChI=1S/C45H35N/c1-28-24-29(2)43(30(3)25-28)37-20-10-19-36-35(37)18-11-21-38(36)45-41-16-7-5-14-39(41)44(40-15-6-8-17-42(40)45)33-13-9-12-32(26-33)34-23-22-31(4)46-27-34/h5-27H,1-4H3. The normalized spacial score (nSPS) is 11.5. The zero-order valence-corrected chi connectivity index (χ0v) is 26.7. The zero-order chi connectivity index (χ0) is 31.4. The van der Waals surface area contributed by atoms with Crippen LogP contribution in [0, 0.1) is 27.7 Å². The van der Waals surface area contributed by atoms with E-state index in [2.05, 4.69) is 159 Å². The third-order valence-electron chi connectivity index (χ3n) is 9.47. The molecule has 0 bridgehead atoms. The van der Waals surface area contributed by atoms with Crippen molar-refractivity contribution in [3.63, 3.8) is 0 Å². The molecule has 0 aliphatic heterocycles. The average Bonchev–Trinajstić information content (AvgIpc) is 3.07. The fourth-order valence-electron chi connectivity index (χ4n) is 7.57. The molecule has 0 radical (unpaired) electrons.